The van der Waals surface area contributed by atoms with E-state index in [-0.39, 0.29) is 12.1 Å². The Morgan fingerprint density at radius 1 is 1.33 bits per heavy atom. The molecule has 0 saturated carbocycles. The van der Waals surface area contributed by atoms with Gasteiger partial charge >= 0.3 is 6.03 Å². The molecule has 6 nitrogen and oxygen atoms in total. The Labute approximate surface area is 142 Å². The summed E-state index contributed by atoms with van der Waals surface area (Å²) in [5, 5.41) is 10.0. The van der Waals surface area contributed by atoms with Crippen molar-refractivity contribution in [2.75, 3.05) is 24.5 Å². The minimum atomic E-state index is -0.114. The van der Waals surface area contributed by atoms with Gasteiger partial charge in [0.05, 0.1) is 6.54 Å². The van der Waals surface area contributed by atoms with Crippen LogP contribution < -0.4 is 15.5 Å². The molecule has 0 bridgehead atoms. The molecule has 0 saturated heterocycles. The van der Waals surface area contributed by atoms with Gasteiger partial charge in [-0.1, -0.05) is 18.2 Å². The van der Waals surface area contributed by atoms with Crippen molar-refractivity contribution >= 4 is 11.7 Å². The van der Waals surface area contributed by atoms with Crippen LogP contribution in [0.5, 0.6) is 0 Å². The second-order valence-electron chi connectivity index (χ2n) is 6.25. The third-order valence-corrected chi connectivity index (χ3v) is 4.27. The maximum absolute atomic E-state index is 11.9. The van der Waals surface area contributed by atoms with Crippen molar-refractivity contribution in [3.05, 3.63) is 48.3 Å². The van der Waals surface area contributed by atoms with Crippen LogP contribution in [-0.4, -0.2) is 41.5 Å². The maximum Gasteiger partial charge on any atom is 0.315 e. The molecule has 3 rings (SSSR count). The van der Waals surface area contributed by atoms with E-state index in [2.05, 4.69) is 44.9 Å². The molecule has 1 aromatic carbocycles. The quantitative estimate of drug-likeness (QED) is 0.765. The van der Waals surface area contributed by atoms with Crippen LogP contribution in [0.15, 0.2) is 42.7 Å². The topological polar surface area (TPSA) is 62.2 Å². The Morgan fingerprint density at radius 2 is 2.21 bits per heavy atom. The van der Waals surface area contributed by atoms with Crippen molar-refractivity contribution in [2.45, 2.75) is 32.4 Å². The van der Waals surface area contributed by atoms with E-state index in [0.29, 0.717) is 13.1 Å². The molecule has 0 spiro atoms. The van der Waals surface area contributed by atoms with Gasteiger partial charge in [0, 0.05) is 43.8 Å². The van der Waals surface area contributed by atoms with Gasteiger partial charge in [0.15, 0.2) is 0 Å². The third kappa shape index (κ3) is 4.28. The van der Waals surface area contributed by atoms with E-state index in [9.17, 15) is 4.79 Å². The number of urea groups is 1. The minimum Gasteiger partial charge on any atom is -0.371 e. The molecule has 24 heavy (non-hydrogen) atoms. The number of hydrogen-bond donors (Lipinski definition) is 2. The van der Waals surface area contributed by atoms with Crippen LogP contribution in [0, 0.1) is 0 Å². The standard InChI is InChI=1S/C18H25N5O/c1-15(14-23-12-5-10-20-23)21-18(24)19-9-4-11-22-13-8-16-6-2-3-7-17(16)22/h2-3,5-7,10,12,15H,4,8-9,11,13-14H2,1H3,(H2,19,21,24)/t15-/m0/s1. The summed E-state index contributed by atoms with van der Waals surface area (Å²) >= 11 is 0. The predicted molar refractivity (Wildman–Crippen MR) is 95.2 cm³/mol. The fourth-order valence-electron chi connectivity index (χ4n) is 3.12. The van der Waals surface area contributed by atoms with Gasteiger partial charge in [-0.3, -0.25) is 4.68 Å². The number of rotatable bonds is 7. The Morgan fingerprint density at radius 3 is 3.04 bits per heavy atom. The lowest BCUT2D eigenvalue weighted by Gasteiger charge is -2.19. The number of benzene rings is 1. The SMILES string of the molecule is C[C@@H](Cn1cccn1)NC(=O)NCCCN1CCc2ccccc21. The number of carbonyl (C=O) groups excluding carboxylic acids is 1. The smallest absolute Gasteiger partial charge is 0.315 e. The van der Waals surface area contributed by atoms with Crippen molar-refractivity contribution in [2.24, 2.45) is 0 Å². The third-order valence-electron chi connectivity index (χ3n) is 4.27. The summed E-state index contributed by atoms with van der Waals surface area (Å²) in [4.78, 5) is 14.3. The molecule has 2 heterocycles. The van der Waals surface area contributed by atoms with Gasteiger partial charge in [-0.05, 0) is 37.5 Å². The van der Waals surface area contributed by atoms with E-state index in [1.807, 2.05) is 23.9 Å². The molecule has 6 heteroatoms. The van der Waals surface area contributed by atoms with Crippen molar-refractivity contribution < 1.29 is 4.79 Å². The van der Waals surface area contributed by atoms with Crippen LogP contribution in [0.2, 0.25) is 0 Å². The molecule has 0 fully saturated rings. The van der Waals surface area contributed by atoms with Crippen molar-refractivity contribution in [1.29, 1.82) is 0 Å². The number of fused-ring (bicyclic) bond motifs is 1. The van der Waals surface area contributed by atoms with E-state index in [0.717, 1.165) is 25.9 Å². The van der Waals surface area contributed by atoms with Crippen LogP contribution in [0.25, 0.3) is 0 Å². The summed E-state index contributed by atoms with van der Waals surface area (Å²) in [7, 11) is 0. The molecule has 1 atom stereocenters. The highest BCUT2D eigenvalue weighted by Gasteiger charge is 2.17. The molecule has 1 aliphatic heterocycles. The number of amides is 2. The van der Waals surface area contributed by atoms with Crippen LogP contribution in [0.3, 0.4) is 0 Å². The lowest BCUT2D eigenvalue weighted by Crippen LogP contribution is -2.43. The highest BCUT2D eigenvalue weighted by molar-refractivity contribution is 5.74. The minimum absolute atomic E-state index is 0.0374. The first-order valence-corrected chi connectivity index (χ1v) is 8.57. The summed E-state index contributed by atoms with van der Waals surface area (Å²) in [6.07, 6.45) is 5.69. The summed E-state index contributed by atoms with van der Waals surface area (Å²) in [5.41, 5.74) is 2.77. The highest BCUT2D eigenvalue weighted by atomic mass is 16.2. The Kier molecular flexibility index (Phi) is 5.36. The van der Waals surface area contributed by atoms with Crippen molar-refractivity contribution in [3.8, 4) is 0 Å². The number of hydrogen-bond acceptors (Lipinski definition) is 3. The number of nitrogens with one attached hydrogen (secondary N) is 2. The molecular weight excluding hydrogens is 302 g/mol. The van der Waals surface area contributed by atoms with Crippen molar-refractivity contribution in [3.63, 3.8) is 0 Å². The van der Waals surface area contributed by atoms with Crippen LogP contribution in [0.1, 0.15) is 18.9 Å². The largest absolute Gasteiger partial charge is 0.371 e. The summed E-state index contributed by atoms with van der Waals surface area (Å²) in [6.45, 7) is 5.37. The molecule has 0 radical (unpaired) electrons. The number of aromatic nitrogens is 2. The van der Waals surface area contributed by atoms with E-state index < -0.39 is 0 Å². The zero-order valence-corrected chi connectivity index (χ0v) is 14.1. The Hall–Kier alpha value is -2.50. The van der Waals surface area contributed by atoms with E-state index in [4.69, 9.17) is 0 Å². The van der Waals surface area contributed by atoms with Gasteiger partial charge in [0.2, 0.25) is 0 Å². The number of nitrogens with zero attached hydrogens (tertiary/aromatic N) is 3. The molecule has 0 unspecified atom stereocenters. The number of carbonyl (C=O) groups is 1. The average Bonchev–Trinajstić information content (AvgIpc) is 3.21. The van der Waals surface area contributed by atoms with E-state index >= 15 is 0 Å². The predicted octanol–water partition coefficient (Wildman–Crippen LogP) is 2.02. The molecule has 2 N–H and O–H groups in total. The Bertz CT molecular complexity index is 655. The molecule has 2 aromatic rings. The summed E-state index contributed by atoms with van der Waals surface area (Å²) in [5.74, 6) is 0. The second kappa shape index (κ2) is 7.86. The first-order chi connectivity index (χ1) is 11.7. The fourth-order valence-corrected chi connectivity index (χ4v) is 3.12. The fraction of sp³-hybridized carbons (Fsp3) is 0.444. The van der Waals surface area contributed by atoms with Gasteiger partial charge in [-0.2, -0.15) is 5.10 Å². The normalized spacial score (nSPS) is 14.3. The van der Waals surface area contributed by atoms with Crippen molar-refractivity contribution in [1.82, 2.24) is 20.4 Å². The van der Waals surface area contributed by atoms with Gasteiger partial charge in [0.25, 0.3) is 0 Å². The number of para-hydroxylation sites is 1. The zero-order valence-electron chi connectivity index (χ0n) is 14.1. The number of anilines is 1. The molecule has 1 aliphatic rings. The second-order valence-corrected chi connectivity index (χ2v) is 6.25. The lowest BCUT2D eigenvalue weighted by molar-refractivity contribution is 0.236. The summed E-state index contributed by atoms with van der Waals surface area (Å²) in [6, 6.07) is 10.4. The van der Waals surface area contributed by atoms with Gasteiger partial charge in [0.1, 0.15) is 0 Å². The lowest BCUT2D eigenvalue weighted by atomic mass is 10.2. The summed E-state index contributed by atoms with van der Waals surface area (Å²) < 4.78 is 1.82. The monoisotopic (exact) mass is 327 g/mol. The van der Waals surface area contributed by atoms with E-state index in [1.165, 1.54) is 11.3 Å². The van der Waals surface area contributed by atoms with Gasteiger partial charge < -0.3 is 15.5 Å². The van der Waals surface area contributed by atoms with E-state index in [1.54, 1.807) is 6.20 Å². The first-order valence-electron chi connectivity index (χ1n) is 8.57. The van der Waals surface area contributed by atoms with Crippen LogP contribution in [0.4, 0.5) is 10.5 Å². The Balaban J connectivity index is 1.33. The maximum atomic E-state index is 11.9. The average molecular weight is 327 g/mol. The zero-order chi connectivity index (χ0) is 16.8. The van der Waals surface area contributed by atoms with Gasteiger partial charge in [-0.25, -0.2) is 4.79 Å². The first kappa shape index (κ1) is 16.4. The molecule has 1 aromatic heterocycles. The molecular formula is C18H25N5O. The van der Waals surface area contributed by atoms with Crippen LogP contribution in [-0.2, 0) is 13.0 Å². The highest BCUT2D eigenvalue weighted by Crippen LogP contribution is 2.27. The molecule has 2 amide bonds. The molecule has 128 valence electrons. The van der Waals surface area contributed by atoms with Gasteiger partial charge in [-0.15, -0.1) is 0 Å². The van der Waals surface area contributed by atoms with Crippen LogP contribution >= 0.6 is 0 Å². The molecule has 0 aliphatic carbocycles.